The van der Waals surface area contributed by atoms with Crippen LogP contribution in [-0.2, 0) is 0 Å². The minimum atomic E-state index is -0.0853. The van der Waals surface area contributed by atoms with E-state index in [2.05, 4.69) is 15.0 Å². The monoisotopic (exact) mass is 347 g/mol. The van der Waals surface area contributed by atoms with Crippen LogP contribution in [0, 0.1) is 6.92 Å². The number of piperidine rings is 1. The van der Waals surface area contributed by atoms with Gasteiger partial charge in [-0.2, -0.15) is 0 Å². The summed E-state index contributed by atoms with van der Waals surface area (Å²) in [6.45, 7) is 3.18. The molecular formula is C16H21N5O2S. The number of nitrogens with zero attached hydrogens (tertiary/aromatic N) is 5. The molecule has 1 amide bonds. The van der Waals surface area contributed by atoms with Gasteiger partial charge in [-0.05, 0) is 19.8 Å². The molecule has 1 aliphatic heterocycles. The van der Waals surface area contributed by atoms with Gasteiger partial charge >= 0.3 is 0 Å². The van der Waals surface area contributed by atoms with Crippen LogP contribution in [0.25, 0.3) is 0 Å². The van der Waals surface area contributed by atoms with E-state index < -0.39 is 0 Å². The van der Waals surface area contributed by atoms with Gasteiger partial charge in [0, 0.05) is 38.4 Å². The number of aromatic nitrogens is 3. The van der Waals surface area contributed by atoms with Gasteiger partial charge < -0.3 is 14.5 Å². The molecular weight excluding hydrogens is 326 g/mol. The topological polar surface area (TPSA) is 71.5 Å². The normalized spacial score (nSPS) is 17.6. The third kappa shape index (κ3) is 3.64. The Balaban J connectivity index is 1.69. The van der Waals surface area contributed by atoms with E-state index in [0.29, 0.717) is 23.9 Å². The summed E-state index contributed by atoms with van der Waals surface area (Å²) in [6, 6.07) is 0. The van der Waals surface area contributed by atoms with Crippen molar-refractivity contribution in [3.8, 4) is 5.88 Å². The molecule has 0 aromatic carbocycles. The van der Waals surface area contributed by atoms with Crippen LogP contribution < -0.4 is 9.64 Å². The molecule has 0 radical (unpaired) electrons. The zero-order valence-electron chi connectivity index (χ0n) is 14.1. The molecule has 2 aromatic heterocycles. The van der Waals surface area contributed by atoms with E-state index in [1.54, 1.807) is 12.4 Å². The minimum Gasteiger partial charge on any atom is -0.470 e. The van der Waals surface area contributed by atoms with Gasteiger partial charge in [-0.15, -0.1) is 11.3 Å². The average molecular weight is 347 g/mol. The molecule has 1 fully saturated rings. The van der Waals surface area contributed by atoms with Crippen LogP contribution in [0.2, 0.25) is 0 Å². The molecule has 1 atom stereocenters. The molecule has 3 rings (SSSR count). The molecule has 3 heterocycles. The number of likely N-dealkylation sites (tertiary alicyclic amines) is 1. The van der Waals surface area contributed by atoms with E-state index in [9.17, 15) is 4.79 Å². The maximum absolute atomic E-state index is 12.6. The van der Waals surface area contributed by atoms with E-state index in [0.717, 1.165) is 24.4 Å². The van der Waals surface area contributed by atoms with Gasteiger partial charge in [0.1, 0.15) is 11.8 Å². The van der Waals surface area contributed by atoms with Crippen LogP contribution in [0.15, 0.2) is 17.8 Å². The summed E-state index contributed by atoms with van der Waals surface area (Å²) in [5.41, 5.74) is 0.520. The van der Waals surface area contributed by atoms with Gasteiger partial charge in [-0.25, -0.2) is 15.0 Å². The molecule has 0 spiro atoms. The fourth-order valence-electron chi connectivity index (χ4n) is 2.71. The predicted molar refractivity (Wildman–Crippen MR) is 92.8 cm³/mol. The predicted octanol–water partition coefficient (Wildman–Crippen LogP) is 1.99. The standard InChI is InChI=1S/C16H21N5O2S/c1-11-19-13(10-24-11)16(22)21-8-4-5-12(9-21)23-15-14(20(2)3)17-6-7-18-15/h6-7,10,12H,4-5,8-9H2,1-3H3/t12-/m0/s1. The highest BCUT2D eigenvalue weighted by Gasteiger charge is 2.28. The summed E-state index contributed by atoms with van der Waals surface area (Å²) >= 11 is 1.49. The zero-order chi connectivity index (χ0) is 17.1. The molecule has 1 saturated heterocycles. The quantitative estimate of drug-likeness (QED) is 0.842. The number of carbonyl (C=O) groups excluding carboxylic acids is 1. The first-order valence-corrected chi connectivity index (χ1v) is 8.79. The smallest absolute Gasteiger partial charge is 0.273 e. The lowest BCUT2D eigenvalue weighted by Gasteiger charge is -2.32. The van der Waals surface area contributed by atoms with E-state index >= 15 is 0 Å². The average Bonchev–Trinajstić information content (AvgIpc) is 3.01. The summed E-state index contributed by atoms with van der Waals surface area (Å²) in [6.07, 6.45) is 4.97. The van der Waals surface area contributed by atoms with Crippen molar-refractivity contribution in [1.82, 2.24) is 19.9 Å². The maximum atomic E-state index is 12.6. The molecule has 0 unspecified atom stereocenters. The van der Waals surface area contributed by atoms with E-state index in [-0.39, 0.29) is 12.0 Å². The van der Waals surface area contributed by atoms with Crippen LogP contribution in [0.1, 0.15) is 28.3 Å². The van der Waals surface area contributed by atoms with Crippen LogP contribution in [0.5, 0.6) is 5.88 Å². The molecule has 8 heteroatoms. The van der Waals surface area contributed by atoms with Gasteiger partial charge in [-0.1, -0.05) is 0 Å². The van der Waals surface area contributed by atoms with Crippen molar-refractivity contribution >= 4 is 23.1 Å². The van der Waals surface area contributed by atoms with Crippen molar-refractivity contribution in [2.45, 2.75) is 25.9 Å². The first-order valence-electron chi connectivity index (χ1n) is 7.91. The van der Waals surface area contributed by atoms with Gasteiger partial charge in [0.2, 0.25) is 0 Å². The van der Waals surface area contributed by atoms with Gasteiger partial charge in [-0.3, -0.25) is 4.79 Å². The number of aryl methyl sites for hydroxylation is 1. The molecule has 0 bridgehead atoms. The van der Waals surface area contributed by atoms with Crippen molar-refractivity contribution < 1.29 is 9.53 Å². The summed E-state index contributed by atoms with van der Waals surface area (Å²) in [4.78, 5) is 29.1. The van der Waals surface area contributed by atoms with Gasteiger partial charge in [0.15, 0.2) is 5.82 Å². The molecule has 24 heavy (non-hydrogen) atoms. The fourth-order valence-corrected chi connectivity index (χ4v) is 3.29. The third-order valence-electron chi connectivity index (χ3n) is 3.85. The number of ether oxygens (including phenoxy) is 1. The highest BCUT2D eigenvalue weighted by Crippen LogP contribution is 2.24. The van der Waals surface area contributed by atoms with Crippen LogP contribution in [0.4, 0.5) is 5.82 Å². The Kier molecular flexibility index (Phi) is 4.94. The molecule has 1 aliphatic rings. The number of amides is 1. The minimum absolute atomic E-state index is 0.0281. The second kappa shape index (κ2) is 7.12. The Morgan fingerprint density at radius 3 is 2.88 bits per heavy atom. The number of carbonyl (C=O) groups is 1. The van der Waals surface area contributed by atoms with Crippen molar-refractivity contribution in [1.29, 1.82) is 0 Å². The highest BCUT2D eigenvalue weighted by atomic mass is 32.1. The van der Waals surface area contributed by atoms with Crippen molar-refractivity contribution in [2.24, 2.45) is 0 Å². The number of hydrogen-bond donors (Lipinski definition) is 0. The Morgan fingerprint density at radius 2 is 2.17 bits per heavy atom. The number of thiazole rings is 1. The van der Waals surface area contributed by atoms with E-state index in [1.807, 2.05) is 36.2 Å². The Morgan fingerprint density at radius 1 is 1.38 bits per heavy atom. The highest BCUT2D eigenvalue weighted by molar-refractivity contribution is 7.09. The lowest BCUT2D eigenvalue weighted by molar-refractivity contribution is 0.0523. The zero-order valence-corrected chi connectivity index (χ0v) is 14.9. The summed E-state index contributed by atoms with van der Waals surface area (Å²) < 4.78 is 6.04. The van der Waals surface area contributed by atoms with Gasteiger partial charge in [0.25, 0.3) is 11.8 Å². The summed E-state index contributed by atoms with van der Waals surface area (Å²) in [5.74, 6) is 1.17. The Labute approximate surface area is 145 Å². The Bertz CT molecular complexity index is 718. The number of rotatable bonds is 4. The first kappa shape index (κ1) is 16.6. The molecule has 0 N–H and O–H groups in total. The van der Waals surface area contributed by atoms with E-state index in [1.165, 1.54) is 11.3 Å². The lowest BCUT2D eigenvalue weighted by Crippen LogP contribution is -2.44. The summed E-state index contributed by atoms with van der Waals surface area (Å²) in [7, 11) is 3.80. The largest absolute Gasteiger partial charge is 0.470 e. The third-order valence-corrected chi connectivity index (χ3v) is 4.63. The number of anilines is 1. The van der Waals surface area contributed by atoms with E-state index in [4.69, 9.17) is 4.74 Å². The van der Waals surface area contributed by atoms with Crippen LogP contribution >= 0.6 is 11.3 Å². The van der Waals surface area contributed by atoms with Crippen LogP contribution in [0.3, 0.4) is 0 Å². The molecule has 7 nitrogen and oxygen atoms in total. The SMILES string of the molecule is Cc1nc(C(=O)N2CCC[C@H](Oc3nccnc3N(C)C)C2)cs1. The lowest BCUT2D eigenvalue weighted by atomic mass is 10.1. The second-order valence-corrected chi connectivity index (χ2v) is 7.03. The molecule has 0 saturated carbocycles. The van der Waals surface area contributed by atoms with Crippen LogP contribution in [-0.4, -0.2) is 59.0 Å². The van der Waals surface area contributed by atoms with Crippen molar-refractivity contribution in [2.75, 3.05) is 32.1 Å². The maximum Gasteiger partial charge on any atom is 0.273 e. The Hall–Kier alpha value is -2.22. The molecule has 0 aliphatic carbocycles. The van der Waals surface area contributed by atoms with Gasteiger partial charge in [0.05, 0.1) is 11.6 Å². The second-order valence-electron chi connectivity index (χ2n) is 5.96. The molecule has 128 valence electrons. The first-order chi connectivity index (χ1) is 11.5. The number of hydrogen-bond acceptors (Lipinski definition) is 7. The van der Waals surface area contributed by atoms with Crippen molar-refractivity contribution in [3.63, 3.8) is 0 Å². The molecule has 2 aromatic rings. The summed E-state index contributed by atoms with van der Waals surface area (Å²) in [5, 5.41) is 2.72. The fraction of sp³-hybridized carbons (Fsp3) is 0.500. The van der Waals surface area contributed by atoms with Crippen molar-refractivity contribution in [3.05, 3.63) is 28.5 Å².